The number of hydrogen-bond donors (Lipinski definition) is 1. The second kappa shape index (κ2) is 6.32. The number of benzene rings is 1. The molecule has 1 amide bonds. The lowest BCUT2D eigenvalue weighted by Crippen LogP contribution is -2.09. The molecular formula is C13H10BrClN2OS. The number of halogens is 2. The standard InChI is InChI=1S/C13H10BrClN2OS/c1-8-4-9(14)5-11(15)13(8)17-12(18)3-2-10-6-19-7-16-10/h2-7H,1H3,(H,17,18)/b3-2+. The SMILES string of the molecule is Cc1cc(Br)cc(Cl)c1NC(=O)/C=C/c1cscn1. The van der Waals surface area contributed by atoms with E-state index in [4.69, 9.17) is 11.6 Å². The molecular weight excluding hydrogens is 348 g/mol. The van der Waals surface area contributed by atoms with E-state index in [0.29, 0.717) is 10.7 Å². The molecule has 0 aliphatic carbocycles. The minimum absolute atomic E-state index is 0.236. The first-order valence-corrected chi connectivity index (χ1v) is 7.50. The number of aryl methyl sites for hydroxylation is 1. The molecule has 0 saturated heterocycles. The number of nitrogens with zero attached hydrogens (tertiary/aromatic N) is 1. The summed E-state index contributed by atoms with van der Waals surface area (Å²) < 4.78 is 0.881. The van der Waals surface area contributed by atoms with Gasteiger partial charge >= 0.3 is 0 Å². The van der Waals surface area contributed by atoms with E-state index in [9.17, 15) is 4.79 Å². The van der Waals surface area contributed by atoms with Crippen LogP contribution in [0.2, 0.25) is 5.02 Å². The highest BCUT2D eigenvalue weighted by atomic mass is 79.9. The fourth-order valence-electron chi connectivity index (χ4n) is 1.49. The van der Waals surface area contributed by atoms with E-state index in [2.05, 4.69) is 26.2 Å². The van der Waals surface area contributed by atoms with E-state index in [0.717, 1.165) is 15.7 Å². The first-order valence-electron chi connectivity index (χ1n) is 5.39. The van der Waals surface area contributed by atoms with Gasteiger partial charge in [0.05, 0.1) is 21.9 Å². The van der Waals surface area contributed by atoms with E-state index in [1.165, 1.54) is 17.4 Å². The molecule has 1 N–H and O–H groups in total. The normalized spacial score (nSPS) is 10.9. The van der Waals surface area contributed by atoms with Crippen LogP contribution in [0, 0.1) is 6.92 Å². The summed E-state index contributed by atoms with van der Waals surface area (Å²) in [5.41, 5.74) is 4.00. The van der Waals surface area contributed by atoms with Crippen molar-refractivity contribution in [3.05, 3.63) is 49.9 Å². The van der Waals surface area contributed by atoms with Crippen LogP contribution in [0.4, 0.5) is 5.69 Å². The molecule has 0 aliphatic heterocycles. The highest BCUT2D eigenvalue weighted by Gasteiger charge is 2.08. The Hall–Kier alpha value is -1.17. The second-order valence-corrected chi connectivity index (χ2v) is 5.86. The lowest BCUT2D eigenvalue weighted by molar-refractivity contribution is -0.111. The molecule has 98 valence electrons. The first kappa shape index (κ1) is 14.2. The van der Waals surface area contributed by atoms with Crippen LogP contribution in [-0.2, 0) is 4.79 Å². The molecule has 2 rings (SSSR count). The number of hydrogen-bond acceptors (Lipinski definition) is 3. The number of rotatable bonds is 3. The maximum atomic E-state index is 11.8. The van der Waals surface area contributed by atoms with Crippen molar-refractivity contribution in [3.8, 4) is 0 Å². The molecule has 0 fully saturated rings. The molecule has 6 heteroatoms. The van der Waals surface area contributed by atoms with Crippen LogP contribution in [0.5, 0.6) is 0 Å². The summed E-state index contributed by atoms with van der Waals surface area (Å²) in [4.78, 5) is 15.9. The zero-order valence-electron chi connectivity index (χ0n) is 9.98. The average Bonchev–Trinajstić information content (AvgIpc) is 2.84. The van der Waals surface area contributed by atoms with Crippen LogP contribution in [0.25, 0.3) is 6.08 Å². The Morgan fingerprint density at radius 3 is 2.95 bits per heavy atom. The van der Waals surface area contributed by atoms with Gasteiger partial charge in [0.2, 0.25) is 5.91 Å². The smallest absolute Gasteiger partial charge is 0.248 e. The molecule has 0 aliphatic rings. The Labute approximate surface area is 128 Å². The van der Waals surface area contributed by atoms with Gasteiger partial charge in [-0.3, -0.25) is 4.79 Å². The van der Waals surface area contributed by atoms with Crippen molar-refractivity contribution in [1.82, 2.24) is 4.98 Å². The molecule has 0 atom stereocenters. The Balaban J connectivity index is 2.11. The molecule has 0 bridgehead atoms. The number of anilines is 1. The lowest BCUT2D eigenvalue weighted by Gasteiger charge is -2.09. The molecule has 1 aromatic heterocycles. The summed E-state index contributed by atoms with van der Waals surface area (Å²) in [5, 5.41) is 5.13. The van der Waals surface area contributed by atoms with Gasteiger partial charge in [0.1, 0.15) is 0 Å². The van der Waals surface area contributed by atoms with Crippen LogP contribution in [-0.4, -0.2) is 10.9 Å². The van der Waals surface area contributed by atoms with Gasteiger partial charge in [-0.2, -0.15) is 0 Å². The van der Waals surface area contributed by atoms with Gasteiger partial charge < -0.3 is 5.32 Å². The third-order valence-corrected chi connectivity index (χ3v) is 3.72. The quantitative estimate of drug-likeness (QED) is 0.821. The van der Waals surface area contributed by atoms with E-state index in [1.54, 1.807) is 17.7 Å². The third kappa shape index (κ3) is 3.89. The zero-order chi connectivity index (χ0) is 13.8. The van der Waals surface area contributed by atoms with Crippen molar-refractivity contribution in [3.63, 3.8) is 0 Å². The fraction of sp³-hybridized carbons (Fsp3) is 0.0769. The first-order chi connectivity index (χ1) is 9.06. The van der Waals surface area contributed by atoms with Gasteiger partial charge in [0, 0.05) is 15.9 Å². The largest absolute Gasteiger partial charge is 0.321 e. The Kier molecular flexibility index (Phi) is 4.74. The minimum Gasteiger partial charge on any atom is -0.321 e. The monoisotopic (exact) mass is 356 g/mol. The van der Waals surface area contributed by atoms with Gasteiger partial charge in [-0.25, -0.2) is 4.98 Å². The summed E-state index contributed by atoms with van der Waals surface area (Å²) in [5.74, 6) is -0.236. The van der Waals surface area contributed by atoms with Crippen molar-refractivity contribution >= 4 is 56.5 Å². The van der Waals surface area contributed by atoms with E-state index in [1.807, 2.05) is 18.4 Å². The summed E-state index contributed by atoms with van der Waals surface area (Å²) in [6.07, 6.45) is 3.10. The summed E-state index contributed by atoms with van der Waals surface area (Å²) in [7, 11) is 0. The second-order valence-electron chi connectivity index (χ2n) is 3.82. The number of amides is 1. The zero-order valence-corrected chi connectivity index (χ0v) is 13.1. The maximum absolute atomic E-state index is 11.8. The van der Waals surface area contributed by atoms with Crippen LogP contribution >= 0.6 is 38.9 Å². The fourth-order valence-corrected chi connectivity index (χ4v) is 3.03. The summed E-state index contributed by atoms with van der Waals surface area (Å²) in [6, 6.07) is 3.64. The molecule has 1 heterocycles. The van der Waals surface area contributed by atoms with Crippen LogP contribution in [0.15, 0.2) is 33.6 Å². The molecule has 19 heavy (non-hydrogen) atoms. The van der Waals surface area contributed by atoms with Crippen molar-refractivity contribution in [1.29, 1.82) is 0 Å². The molecule has 0 radical (unpaired) electrons. The van der Waals surface area contributed by atoms with Crippen molar-refractivity contribution in [2.45, 2.75) is 6.92 Å². The molecule has 0 saturated carbocycles. The van der Waals surface area contributed by atoms with Gasteiger partial charge in [0.25, 0.3) is 0 Å². The number of carbonyl (C=O) groups excluding carboxylic acids is 1. The topological polar surface area (TPSA) is 42.0 Å². The summed E-state index contributed by atoms with van der Waals surface area (Å²) >= 11 is 10.9. The molecule has 3 nitrogen and oxygen atoms in total. The summed E-state index contributed by atoms with van der Waals surface area (Å²) in [6.45, 7) is 1.89. The van der Waals surface area contributed by atoms with Crippen LogP contribution in [0.1, 0.15) is 11.3 Å². The number of carbonyl (C=O) groups is 1. The molecule has 1 aromatic carbocycles. The van der Waals surface area contributed by atoms with Crippen molar-refractivity contribution in [2.75, 3.05) is 5.32 Å². The number of thiazole rings is 1. The lowest BCUT2D eigenvalue weighted by atomic mass is 10.2. The van der Waals surface area contributed by atoms with Gasteiger partial charge in [-0.15, -0.1) is 11.3 Å². The Morgan fingerprint density at radius 1 is 1.53 bits per heavy atom. The predicted molar refractivity (Wildman–Crippen MR) is 83.7 cm³/mol. The average molecular weight is 358 g/mol. The van der Waals surface area contributed by atoms with E-state index < -0.39 is 0 Å². The van der Waals surface area contributed by atoms with Gasteiger partial charge in [-0.1, -0.05) is 27.5 Å². The van der Waals surface area contributed by atoms with E-state index >= 15 is 0 Å². The van der Waals surface area contributed by atoms with Crippen LogP contribution in [0.3, 0.4) is 0 Å². The van der Waals surface area contributed by atoms with Crippen molar-refractivity contribution in [2.24, 2.45) is 0 Å². The minimum atomic E-state index is -0.236. The molecule has 2 aromatic rings. The van der Waals surface area contributed by atoms with Crippen LogP contribution < -0.4 is 5.32 Å². The highest BCUT2D eigenvalue weighted by Crippen LogP contribution is 2.29. The Morgan fingerprint density at radius 2 is 2.32 bits per heavy atom. The number of aromatic nitrogens is 1. The molecule has 0 unspecified atom stereocenters. The van der Waals surface area contributed by atoms with Gasteiger partial charge in [-0.05, 0) is 30.7 Å². The third-order valence-electron chi connectivity index (χ3n) is 2.36. The van der Waals surface area contributed by atoms with Crippen molar-refractivity contribution < 1.29 is 4.79 Å². The van der Waals surface area contributed by atoms with E-state index in [-0.39, 0.29) is 5.91 Å². The predicted octanol–water partition coefficient (Wildman–Crippen LogP) is 4.52. The highest BCUT2D eigenvalue weighted by molar-refractivity contribution is 9.10. The number of nitrogens with one attached hydrogen (secondary N) is 1. The maximum Gasteiger partial charge on any atom is 0.248 e. The Bertz CT molecular complexity index is 603. The van der Waals surface area contributed by atoms with Gasteiger partial charge in [0.15, 0.2) is 0 Å². The molecule has 0 spiro atoms.